The van der Waals surface area contributed by atoms with Crippen molar-refractivity contribution >= 4 is 5.69 Å². The second-order valence-corrected chi connectivity index (χ2v) is 5.85. The van der Waals surface area contributed by atoms with Gasteiger partial charge in [0.25, 0.3) is 0 Å². The third-order valence-electron chi connectivity index (χ3n) is 4.49. The van der Waals surface area contributed by atoms with Gasteiger partial charge in [-0.1, -0.05) is 18.2 Å². The summed E-state index contributed by atoms with van der Waals surface area (Å²) in [6.07, 6.45) is 5.14. The van der Waals surface area contributed by atoms with Gasteiger partial charge in [0.1, 0.15) is 0 Å². The average molecular weight is 230 g/mol. The van der Waals surface area contributed by atoms with E-state index >= 15 is 0 Å². The minimum absolute atomic E-state index is 0.542. The molecule has 1 aliphatic heterocycles. The molecule has 1 atom stereocenters. The molecule has 1 aromatic rings. The molecule has 0 bridgehead atoms. The largest absolute Gasteiger partial charge is 0.368 e. The van der Waals surface area contributed by atoms with Gasteiger partial charge in [-0.15, -0.1) is 0 Å². The van der Waals surface area contributed by atoms with Gasteiger partial charge in [-0.05, 0) is 56.2 Å². The highest BCUT2D eigenvalue weighted by Crippen LogP contribution is 2.50. The Kier molecular flexibility index (Phi) is 2.62. The fourth-order valence-corrected chi connectivity index (χ4v) is 3.20. The number of para-hydroxylation sites is 1. The van der Waals surface area contributed by atoms with Crippen molar-refractivity contribution in [2.45, 2.75) is 38.6 Å². The van der Waals surface area contributed by atoms with Crippen LogP contribution in [0.4, 0.5) is 5.69 Å². The SMILES string of the molecule is CC1Cc2ccccc2N1CC1(CCN)CC1. The third-order valence-corrected chi connectivity index (χ3v) is 4.49. The summed E-state index contributed by atoms with van der Waals surface area (Å²) in [5.41, 5.74) is 9.26. The summed E-state index contributed by atoms with van der Waals surface area (Å²) >= 11 is 0. The maximum Gasteiger partial charge on any atom is 0.0402 e. The van der Waals surface area contributed by atoms with Crippen LogP contribution in [0.2, 0.25) is 0 Å². The van der Waals surface area contributed by atoms with E-state index in [1.807, 2.05) is 0 Å². The molecule has 1 fully saturated rings. The van der Waals surface area contributed by atoms with Crippen molar-refractivity contribution < 1.29 is 0 Å². The Morgan fingerprint density at radius 1 is 1.35 bits per heavy atom. The second-order valence-electron chi connectivity index (χ2n) is 5.85. The fraction of sp³-hybridized carbons (Fsp3) is 0.600. The number of hydrogen-bond acceptors (Lipinski definition) is 2. The Morgan fingerprint density at radius 2 is 2.12 bits per heavy atom. The first-order valence-electron chi connectivity index (χ1n) is 6.79. The van der Waals surface area contributed by atoms with Crippen LogP contribution in [0.15, 0.2) is 24.3 Å². The van der Waals surface area contributed by atoms with Crippen LogP contribution in [0.5, 0.6) is 0 Å². The molecule has 2 N–H and O–H groups in total. The monoisotopic (exact) mass is 230 g/mol. The van der Waals surface area contributed by atoms with Crippen LogP contribution >= 0.6 is 0 Å². The molecule has 0 spiro atoms. The smallest absolute Gasteiger partial charge is 0.0402 e. The van der Waals surface area contributed by atoms with Gasteiger partial charge < -0.3 is 10.6 Å². The molecule has 2 nitrogen and oxygen atoms in total. The van der Waals surface area contributed by atoms with Crippen molar-refractivity contribution in [1.29, 1.82) is 0 Å². The van der Waals surface area contributed by atoms with Crippen molar-refractivity contribution in [3.05, 3.63) is 29.8 Å². The van der Waals surface area contributed by atoms with Crippen molar-refractivity contribution in [2.24, 2.45) is 11.1 Å². The first-order valence-corrected chi connectivity index (χ1v) is 6.79. The van der Waals surface area contributed by atoms with E-state index in [4.69, 9.17) is 5.73 Å². The summed E-state index contributed by atoms with van der Waals surface area (Å²) in [6.45, 7) is 4.39. The molecule has 92 valence electrons. The number of fused-ring (bicyclic) bond motifs is 1. The third kappa shape index (κ3) is 1.95. The van der Waals surface area contributed by atoms with E-state index in [0.717, 1.165) is 6.54 Å². The lowest BCUT2D eigenvalue weighted by Crippen LogP contribution is -2.35. The lowest BCUT2D eigenvalue weighted by Gasteiger charge is -2.29. The van der Waals surface area contributed by atoms with E-state index in [1.54, 1.807) is 0 Å². The zero-order valence-corrected chi connectivity index (χ0v) is 10.7. The number of nitrogens with zero attached hydrogens (tertiary/aromatic N) is 1. The lowest BCUT2D eigenvalue weighted by atomic mass is 10.0. The topological polar surface area (TPSA) is 29.3 Å². The van der Waals surface area contributed by atoms with Crippen molar-refractivity contribution in [2.75, 3.05) is 18.0 Å². The van der Waals surface area contributed by atoms with Crippen LogP contribution in [-0.2, 0) is 6.42 Å². The minimum Gasteiger partial charge on any atom is -0.368 e. The van der Waals surface area contributed by atoms with Crippen LogP contribution in [-0.4, -0.2) is 19.1 Å². The maximum absolute atomic E-state index is 5.74. The molecule has 17 heavy (non-hydrogen) atoms. The van der Waals surface area contributed by atoms with Gasteiger partial charge in [0, 0.05) is 18.3 Å². The number of anilines is 1. The summed E-state index contributed by atoms with van der Waals surface area (Å²) in [7, 11) is 0. The van der Waals surface area contributed by atoms with E-state index in [9.17, 15) is 0 Å². The Balaban J connectivity index is 1.79. The summed E-state index contributed by atoms with van der Waals surface area (Å²) in [4.78, 5) is 2.61. The zero-order valence-electron chi connectivity index (χ0n) is 10.7. The predicted molar refractivity (Wildman–Crippen MR) is 72.3 cm³/mol. The molecular formula is C15H22N2. The molecule has 1 heterocycles. The molecule has 2 heteroatoms. The van der Waals surface area contributed by atoms with Gasteiger partial charge in [-0.25, -0.2) is 0 Å². The van der Waals surface area contributed by atoms with Gasteiger partial charge in [-0.3, -0.25) is 0 Å². The van der Waals surface area contributed by atoms with E-state index in [1.165, 1.54) is 43.5 Å². The first kappa shape index (κ1) is 11.1. The van der Waals surface area contributed by atoms with E-state index in [-0.39, 0.29) is 0 Å². The van der Waals surface area contributed by atoms with Crippen LogP contribution in [0.25, 0.3) is 0 Å². The average Bonchev–Trinajstić information content (AvgIpc) is 3.00. The Bertz CT molecular complexity index is 409. The van der Waals surface area contributed by atoms with Gasteiger partial charge >= 0.3 is 0 Å². The second kappa shape index (κ2) is 4.02. The van der Waals surface area contributed by atoms with Crippen LogP contribution in [0, 0.1) is 5.41 Å². The van der Waals surface area contributed by atoms with Crippen molar-refractivity contribution in [1.82, 2.24) is 0 Å². The molecule has 0 saturated heterocycles. The van der Waals surface area contributed by atoms with Gasteiger partial charge in [0.2, 0.25) is 0 Å². The van der Waals surface area contributed by atoms with Crippen molar-refractivity contribution in [3.63, 3.8) is 0 Å². The highest BCUT2D eigenvalue weighted by atomic mass is 15.2. The standard InChI is InChI=1S/C15H22N2/c1-12-10-13-4-2-3-5-14(13)17(12)11-15(6-7-15)8-9-16/h2-5,12H,6-11,16H2,1H3. The first-order chi connectivity index (χ1) is 8.24. The lowest BCUT2D eigenvalue weighted by molar-refractivity contribution is 0.451. The Hall–Kier alpha value is -1.02. The summed E-state index contributed by atoms with van der Waals surface area (Å²) in [6, 6.07) is 9.52. The number of nitrogens with two attached hydrogens (primary N) is 1. The van der Waals surface area contributed by atoms with Crippen LogP contribution in [0.1, 0.15) is 31.7 Å². The van der Waals surface area contributed by atoms with Gasteiger partial charge in [-0.2, -0.15) is 0 Å². The summed E-state index contributed by atoms with van der Waals surface area (Å²) < 4.78 is 0. The molecular weight excluding hydrogens is 208 g/mol. The zero-order chi connectivity index (χ0) is 11.9. The maximum atomic E-state index is 5.74. The van der Waals surface area contributed by atoms with E-state index in [0.29, 0.717) is 11.5 Å². The number of rotatable bonds is 4. The molecule has 3 rings (SSSR count). The quantitative estimate of drug-likeness (QED) is 0.861. The van der Waals surface area contributed by atoms with Gasteiger partial charge in [0.15, 0.2) is 0 Å². The van der Waals surface area contributed by atoms with Crippen LogP contribution < -0.4 is 10.6 Å². The van der Waals surface area contributed by atoms with E-state index < -0.39 is 0 Å². The number of hydrogen-bond donors (Lipinski definition) is 1. The Labute approximate surface area is 104 Å². The molecule has 1 aliphatic carbocycles. The highest BCUT2D eigenvalue weighted by Gasteiger charge is 2.44. The predicted octanol–water partition coefficient (Wildman–Crippen LogP) is 2.57. The molecule has 0 amide bonds. The van der Waals surface area contributed by atoms with E-state index in [2.05, 4.69) is 36.1 Å². The number of benzene rings is 1. The molecule has 0 aromatic heterocycles. The molecule has 1 aromatic carbocycles. The Morgan fingerprint density at radius 3 is 2.82 bits per heavy atom. The molecule has 0 radical (unpaired) electrons. The van der Waals surface area contributed by atoms with Crippen LogP contribution in [0.3, 0.4) is 0 Å². The molecule has 2 aliphatic rings. The molecule has 1 saturated carbocycles. The summed E-state index contributed by atoms with van der Waals surface area (Å²) in [5.74, 6) is 0. The summed E-state index contributed by atoms with van der Waals surface area (Å²) in [5, 5.41) is 0. The minimum atomic E-state index is 0.542. The van der Waals surface area contributed by atoms with Gasteiger partial charge in [0.05, 0.1) is 0 Å². The normalized spacial score (nSPS) is 24.8. The van der Waals surface area contributed by atoms with Crippen molar-refractivity contribution in [3.8, 4) is 0 Å². The fourth-order valence-electron chi connectivity index (χ4n) is 3.20. The molecule has 1 unspecified atom stereocenters. The highest BCUT2D eigenvalue weighted by molar-refractivity contribution is 5.59.